The van der Waals surface area contributed by atoms with Crippen molar-refractivity contribution < 1.29 is 0 Å². The van der Waals surface area contributed by atoms with Crippen LogP contribution in [-0.4, -0.2) is 16.6 Å². The lowest BCUT2D eigenvalue weighted by atomic mass is 10.0. The van der Waals surface area contributed by atoms with Crippen LogP contribution in [0.4, 0.5) is 0 Å². The zero-order valence-electron chi connectivity index (χ0n) is 12.0. The first-order valence-corrected chi connectivity index (χ1v) is 6.67. The summed E-state index contributed by atoms with van der Waals surface area (Å²) in [5.74, 6) is 0.811. The molecule has 17 heavy (non-hydrogen) atoms. The number of unbranched alkanes of at least 4 members (excludes halogenated alkanes) is 1. The molecule has 0 aliphatic rings. The van der Waals surface area contributed by atoms with E-state index in [1.165, 1.54) is 25.0 Å². The van der Waals surface area contributed by atoms with Gasteiger partial charge in [-0.25, -0.2) is 4.98 Å². The normalized spacial score (nSPS) is 12.4. The average Bonchev–Trinajstić information content (AvgIpc) is 2.73. The second-order valence-corrected chi connectivity index (χ2v) is 5.74. The fourth-order valence-corrected chi connectivity index (χ4v) is 1.98. The van der Waals surface area contributed by atoms with Crippen LogP contribution in [0.3, 0.4) is 0 Å². The number of hydrogen-bond donors (Lipinski definition) is 1. The minimum Gasteiger partial charge on any atom is -0.333 e. The number of rotatable bonds is 7. The van der Waals surface area contributed by atoms with Crippen LogP contribution in [0.15, 0.2) is 12.5 Å². The molecule has 0 unspecified atom stereocenters. The topological polar surface area (TPSA) is 29.9 Å². The molecule has 1 aromatic heterocycles. The highest BCUT2D eigenvalue weighted by Gasteiger charge is 2.21. The van der Waals surface area contributed by atoms with Gasteiger partial charge >= 0.3 is 0 Å². The fraction of sp³-hybridized carbons (Fsp3) is 0.786. The third-order valence-electron chi connectivity index (χ3n) is 3.41. The summed E-state index contributed by atoms with van der Waals surface area (Å²) >= 11 is 0. The van der Waals surface area contributed by atoms with E-state index in [9.17, 15) is 0 Å². The van der Waals surface area contributed by atoms with Crippen molar-refractivity contribution in [2.24, 2.45) is 5.92 Å². The predicted molar refractivity (Wildman–Crippen MR) is 73.0 cm³/mol. The molecule has 0 bridgehead atoms. The first-order valence-electron chi connectivity index (χ1n) is 6.67. The number of nitrogens with zero attached hydrogens (tertiary/aromatic N) is 2. The molecule has 0 atom stereocenters. The molecular weight excluding hydrogens is 210 g/mol. The molecule has 0 saturated carbocycles. The van der Waals surface area contributed by atoms with Gasteiger partial charge in [0.15, 0.2) is 0 Å². The summed E-state index contributed by atoms with van der Waals surface area (Å²) in [6.07, 6.45) is 7.78. The van der Waals surface area contributed by atoms with Crippen molar-refractivity contribution in [2.75, 3.05) is 7.05 Å². The van der Waals surface area contributed by atoms with Gasteiger partial charge in [-0.15, -0.1) is 0 Å². The van der Waals surface area contributed by atoms with E-state index in [1.54, 1.807) is 0 Å². The number of aryl methyl sites for hydroxylation is 1. The molecule has 1 N–H and O–H groups in total. The standard InChI is InChI=1S/C14H27N3/c1-12(2)8-6-7-9-17-11-16-10-13(17)14(3,4)15-5/h10-12,15H,6-9H2,1-5H3. The van der Waals surface area contributed by atoms with Crippen molar-refractivity contribution in [3.8, 4) is 0 Å². The number of hydrogen-bond acceptors (Lipinski definition) is 2. The Morgan fingerprint density at radius 2 is 2.06 bits per heavy atom. The van der Waals surface area contributed by atoms with Crippen LogP contribution in [0.1, 0.15) is 52.7 Å². The molecule has 0 radical (unpaired) electrons. The van der Waals surface area contributed by atoms with E-state index in [-0.39, 0.29) is 5.54 Å². The Hall–Kier alpha value is -0.830. The second kappa shape index (κ2) is 6.20. The lowest BCUT2D eigenvalue weighted by Crippen LogP contribution is -2.35. The molecule has 1 heterocycles. The summed E-state index contributed by atoms with van der Waals surface area (Å²) < 4.78 is 2.27. The summed E-state index contributed by atoms with van der Waals surface area (Å²) in [5.41, 5.74) is 1.26. The van der Waals surface area contributed by atoms with E-state index < -0.39 is 0 Å². The van der Waals surface area contributed by atoms with Gasteiger partial charge in [-0.3, -0.25) is 0 Å². The predicted octanol–water partition coefficient (Wildman–Crippen LogP) is 3.16. The molecule has 0 aliphatic heterocycles. The molecule has 0 amide bonds. The van der Waals surface area contributed by atoms with Gasteiger partial charge < -0.3 is 9.88 Å². The number of nitrogens with one attached hydrogen (secondary N) is 1. The molecule has 0 spiro atoms. The van der Waals surface area contributed by atoms with Crippen LogP contribution < -0.4 is 5.32 Å². The largest absolute Gasteiger partial charge is 0.333 e. The van der Waals surface area contributed by atoms with Gasteiger partial charge in [0.2, 0.25) is 0 Å². The Morgan fingerprint density at radius 3 is 2.65 bits per heavy atom. The highest BCUT2D eigenvalue weighted by Crippen LogP contribution is 2.19. The Morgan fingerprint density at radius 1 is 1.35 bits per heavy atom. The Kier molecular flexibility index (Phi) is 5.19. The van der Waals surface area contributed by atoms with Gasteiger partial charge in [-0.1, -0.05) is 26.7 Å². The summed E-state index contributed by atoms with van der Waals surface area (Å²) in [6.45, 7) is 10.0. The molecular formula is C14H27N3. The molecule has 98 valence electrons. The SMILES string of the molecule is CNC(C)(C)c1cncn1CCCCC(C)C. The third-order valence-corrected chi connectivity index (χ3v) is 3.41. The summed E-state index contributed by atoms with van der Waals surface area (Å²) in [7, 11) is 2.00. The van der Waals surface area contributed by atoms with Crippen molar-refractivity contribution in [3.05, 3.63) is 18.2 Å². The maximum atomic E-state index is 4.27. The maximum Gasteiger partial charge on any atom is 0.0948 e. The van der Waals surface area contributed by atoms with E-state index >= 15 is 0 Å². The molecule has 3 nitrogen and oxygen atoms in total. The molecule has 0 saturated heterocycles. The van der Waals surface area contributed by atoms with Crippen molar-refractivity contribution in [1.82, 2.24) is 14.9 Å². The molecule has 0 aliphatic carbocycles. The fourth-order valence-electron chi connectivity index (χ4n) is 1.98. The minimum atomic E-state index is -0.00541. The van der Waals surface area contributed by atoms with Crippen LogP contribution >= 0.6 is 0 Å². The van der Waals surface area contributed by atoms with Gasteiger partial charge in [0, 0.05) is 12.7 Å². The Labute approximate surface area is 106 Å². The van der Waals surface area contributed by atoms with Crippen molar-refractivity contribution in [2.45, 2.75) is 59.0 Å². The van der Waals surface area contributed by atoms with E-state index in [0.29, 0.717) is 0 Å². The van der Waals surface area contributed by atoms with E-state index in [2.05, 4.69) is 42.6 Å². The quantitative estimate of drug-likeness (QED) is 0.738. The first kappa shape index (κ1) is 14.2. The Bertz CT molecular complexity index is 326. The van der Waals surface area contributed by atoms with Crippen molar-refractivity contribution in [3.63, 3.8) is 0 Å². The first-order chi connectivity index (χ1) is 7.97. The Balaban J connectivity index is 2.52. The van der Waals surface area contributed by atoms with Crippen molar-refractivity contribution in [1.29, 1.82) is 0 Å². The zero-order valence-corrected chi connectivity index (χ0v) is 12.0. The van der Waals surface area contributed by atoms with Gasteiger partial charge in [0.1, 0.15) is 0 Å². The highest BCUT2D eigenvalue weighted by molar-refractivity contribution is 5.10. The zero-order chi connectivity index (χ0) is 12.9. The van der Waals surface area contributed by atoms with Gasteiger partial charge in [-0.05, 0) is 33.2 Å². The summed E-state index contributed by atoms with van der Waals surface area (Å²) in [6, 6.07) is 0. The van der Waals surface area contributed by atoms with Crippen LogP contribution in [0.25, 0.3) is 0 Å². The van der Waals surface area contributed by atoms with E-state index in [0.717, 1.165) is 12.5 Å². The average molecular weight is 237 g/mol. The van der Waals surface area contributed by atoms with Crippen LogP contribution in [0.2, 0.25) is 0 Å². The molecule has 3 heteroatoms. The second-order valence-electron chi connectivity index (χ2n) is 5.74. The maximum absolute atomic E-state index is 4.27. The van der Waals surface area contributed by atoms with Crippen LogP contribution in [0, 0.1) is 5.92 Å². The monoisotopic (exact) mass is 237 g/mol. The highest BCUT2D eigenvalue weighted by atomic mass is 15.1. The number of imidazole rings is 1. The lowest BCUT2D eigenvalue weighted by molar-refractivity contribution is 0.401. The summed E-state index contributed by atoms with van der Waals surface area (Å²) in [4.78, 5) is 4.27. The van der Waals surface area contributed by atoms with Crippen LogP contribution in [0.5, 0.6) is 0 Å². The lowest BCUT2D eigenvalue weighted by Gasteiger charge is -2.25. The van der Waals surface area contributed by atoms with E-state index in [1.807, 2.05) is 19.6 Å². The van der Waals surface area contributed by atoms with E-state index in [4.69, 9.17) is 0 Å². The number of aromatic nitrogens is 2. The smallest absolute Gasteiger partial charge is 0.0948 e. The minimum absolute atomic E-state index is 0.00541. The molecule has 1 rings (SSSR count). The molecule has 1 aromatic rings. The third kappa shape index (κ3) is 4.15. The van der Waals surface area contributed by atoms with Crippen molar-refractivity contribution >= 4 is 0 Å². The summed E-state index contributed by atoms with van der Waals surface area (Å²) in [5, 5.41) is 3.33. The van der Waals surface area contributed by atoms with Gasteiger partial charge in [-0.2, -0.15) is 0 Å². The van der Waals surface area contributed by atoms with Gasteiger partial charge in [0.25, 0.3) is 0 Å². The molecule has 0 aromatic carbocycles. The van der Waals surface area contributed by atoms with Gasteiger partial charge in [0.05, 0.1) is 17.6 Å². The van der Waals surface area contributed by atoms with Crippen LogP contribution in [-0.2, 0) is 12.1 Å². The molecule has 0 fully saturated rings.